The van der Waals surface area contributed by atoms with Crippen molar-refractivity contribution in [1.82, 2.24) is 0 Å². The minimum atomic E-state index is 1.20. The van der Waals surface area contributed by atoms with Crippen molar-refractivity contribution in [1.29, 1.82) is 0 Å². The minimum Gasteiger partial charge on any atom is -0.155 e. The lowest BCUT2D eigenvalue weighted by molar-refractivity contribution is -0.609. The number of para-hydroxylation sites is 1. The van der Waals surface area contributed by atoms with Crippen LogP contribution >= 0.6 is 22.6 Å². The molecule has 2 rings (SSSR count). The molecular weight excluding hydrogens is 273 g/mol. The highest BCUT2D eigenvalue weighted by Crippen LogP contribution is 2.02. The van der Waals surface area contributed by atoms with Crippen LogP contribution in [-0.4, -0.2) is 0 Å². The second kappa shape index (κ2) is 3.87. The monoisotopic (exact) mass is 282 g/mol. The minimum absolute atomic E-state index is 1.20. The highest BCUT2D eigenvalue weighted by atomic mass is 127. The van der Waals surface area contributed by atoms with E-state index in [-0.39, 0.29) is 0 Å². The summed E-state index contributed by atoms with van der Waals surface area (Å²) in [6, 6.07) is 16.5. The zero-order chi connectivity index (χ0) is 9.10. The van der Waals surface area contributed by atoms with Crippen molar-refractivity contribution < 1.29 is 4.57 Å². The van der Waals surface area contributed by atoms with Crippen LogP contribution in [0.4, 0.5) is 0 Å². The van der Waals surface area contributed by atoms with Gasteiger partial charge in [0, 0.05) is 46.9 Å². The van der Waals surface area contributed by atoms with Gasteiger partial charge < -0.3 is 0 Å². The molecule has 0 spiro atoms. The van der Waals surface area contributed by atoms with Gasteiger partial charge in [-0.2, -0.15) is 4.57 Å². The lowest BCUT2D eigenvalue weighted by Crippen LogP contribution is -2.33. The molecule has 1 aromatic heterocycles. The number of nitrogens with zero attached hydrogens (tertiary/aromatic N) is 1. The number of halogens is 1. The second-order valence-corrected chi connectivity index (χ2v) is 3.83. The second-order valence-electron chi connectivity index (χ2n) is 2.73. The van der Waals surface area contributed by atoms with Gasteiger partial charge in [-0.15, -0.1) is 0 Å². The van der Waals surface area contributed by atoms with Gasteiger partial charge in [0.1, 0.15) is 0 Å². The molecular formula is C11H9IN+. The van der Waals surface area contributed by atoms with Crippen LogP contribution in [0.1, 0.15) is 0 Å². The molecule has 1 aromatic carbocycles. The molecule has 2 heteroatoms. The van der Waals surface area contributed by atoms with Crippen LogP contribution in [-0.2, 0) is 0 Å². The van der Waals surface area contributed by atoms with Crippen LogP contribution in [0.15, 0.2) is 54.7 Å². The Hall–Kier alpha value is -0.900. The quantitative estimate of drug-likeness (QED) is 0.430. The smallest absolute Gasteiger partial charge is 0.155 e. The van der Waals surface area contributed by atoms with Gasteiger partial charge in [-0.05, 0) is 6.07 Å². The first-order chi connectivity index (χ1) is 6.38. The molecule has 1 nitrogen and oxygen atoms in total. The van der Waals surface area contributed by atoms with Crippen LogP contribution in [0.3, 0.4) is 0 Å². The average Bonchev–Trinajstić information content (AvgIpc) is 2.20. The van der Waals surface area contributed by atoms with Crippen molar-refractivity contribution in [2.24, 2.45) is 0 Å². The molecule has 1 heterocycles. The topological polar surface area (TPSA) is 3.88 Å². The predicted octanol–water partition coefficient (Wildman–Crippen LogP) is 2.57. The molecule has 0 aliphatic carbocycles. The van der Waals surface area contributed by atoms with Gasteiger partial charge in [0.15, 0.2) is 6.20 Å². The Labute approximate surface area is 91.2 Å². The van der Waals surface area contributed by atoms with E-state index in [1.54, 1.807) is 0 Å². The van der Waals surface area contributed by atoms with Crippen LogP contribution < -0.4 is 4.57 Å². The molecule has 2 aromatic rings. The molecule has 0 aliphatic heterocycles. The SMILES string of the molecule is Ic1cccc[n+]1-c1ccccc1. The summed E-state index contributed by atoms with van der Waals surface area (Å²) in [7, 11) is 0. The third kappa shape index (κ3) is 1.88. The van der Waals surface area contributed by atoms with E-state index in [1.165, 1.54) is 9.39 Å². The zero-order valence-electron chi connectivity index (χ0n) is 7.02. The van der Waals surface area contributed by atoms with E-state index in [2.05, 4.69) is 51.6 Å². The van der Waals surface area contributed by atoms with E-state index in [9.17, 15) is 0 Å². The van der Waals surface area contributed by atoms with Gasteiger partial charge in [-0.25, -0.2) is 0 Å². The summed E-state index contributed by atoms with van der Waals surface area (Å²) in [5.74, 6) is 0. The fourth-order valence-corrected chi connectivity index (χ4v) is 1.87. The molecule has 0 atom stereocenters. The summed E-state index contributed by atoms with van der Waals surface area (Å²) in [5, 5.41) is 0. The molecule has 0 radical (unpaired) electrons. The van der Waals surface area contributed by atoms with Gasteiger partial charge in [-0.1, -0.05) is 18.2 Å². The molecule has 0 aliphatic rings. The number of hydrogen-bond donors (Lipinski definition) is 0. The molecule has 0 unspecified atom stereocenters. The van der Waals surface area contributed by atoms with Crippen molar-refractivity contribution in [2.75, 3.05) is 0 Å². The van der Waals surface area contributed by atoms with Crippen molar-refractivity contribution in [3.8, 4) is 5.69 Å². The predicted molar refractivity (Wildman–Crippen MR) is 60.7 cm³/mol. The van der Waals surface area contributed by atoms with Crippen LogP contribution in [0.25, 0.3) is 5.69 Å². The normalized spacial score (nSPS) is 9.92. The van der Waals surface area contributed by atoms with Gasteiger partial charge in [-0.3, -0.25) is 0 Å². The molecule has 64 valence electrons. The summed E-state index contributed by atoms with van der Waals surface area (Å²) in [6.45, 7) is 0. The maximum atomic E-state index is 2.33. The number of benzene rings is 1. The molecule has 0 saturated carbocycles. The van der Waals surface area contributed by atoms with Crippen LogP contribution in [0, 0.1) is 3.70 Å². The number of aromatic nitrogens is 1. The first kappa shape index (κ1) is 8.69. The summed E-state index contributed by atoms with van der Waals surface area (Å²) in [6.07, 6.45) is 2.07. The fourth-order valence-electron chi connectivity index (χ4n) is 1.22. The molecule has 13 heavy (non-hydrogen) atoms. The van der Waals surface area contributed by atoms with Crippen molar-refractivity contribution in [3.05, 3.63) is 58.4 Å². The maximum Gasteiger partial charge on any atom is 0.246 e. The first-order valence-corrected chi connectivity index (χ1v) is 5.17. The summed E-state index contributed by atoms with van der Waals surface area (Å²) in [5.41, 5.74) is 1.20. The Kier molecular flexibility index (Phi) is 2.59. The van der Waals surface area contributed by atoms with Crippen molar-refractivity contribution in [2.45, 2.75) is 0 Å². The van der Waals surface area contributed by atoms with E-state index < -0.39 is 0 Å². The third-order valence-corrected chi connectivity index (χ3v) is 2.72. The Morgan fingerprint density at radius 3 is 2.23 bits per heavy atom. The zero-order valence-corrected chi connectivity index (χ0v) is 9.18. The highest BCUT2D eigenvalue weighted by Gasteiger charge is 2.07. The Balaban J connectivity index is 2.54. The Bertz CT molecular complexity index is 398. The van der Waals surface area contributed by atoms with Gasteiger partial charge >= 0.3 is 0 Å². The summed E-state index contributed by atoms with van der Waals surface area (Å²) < 4.78 is 3.37. The highest BCUT2D eigenvalue weighted by molar-refractivity contribution is 14.1. The van der Waals surface area contributed by atoms with Gasteiger partial charge in [0.05, 0.1) is 0 Å². The lowest BCUT2D eigenvalue weighted by Gasteiger charge is -1.95. The lowest BCUT2D eigenvalue weighted by atomic mass is 10.3. The third-order valence-electron chi connectivity index (χ3n) is 1.84. The number of hydrogen-bond acceptors (Lipinski definition) is 0. The molecule has 0 fully saturated rings. The Morgan fingerprint density at radius 1 is 0.846 bits per heavy atom. The van der Waals surface area contributed by atoms with E-state index in [4.69, 9.17) is 0 Å². The standard InChI is InChI=1S/C11H9IN/c12-11-8-4-5-9-13(11)10-6-2-1-3-7-10/h1-9H/q+1. The van der Waals surface area contributed by atoms with E-state index in [1.807, 2.05) is 30.3 Å². The molecule has 0 bridgehead atoms. The van der Waals surface area contributed by atoms with Gasteiger partial charge in [0.2, 0.25) is 9.39 Å². The van der Waals surface area contributed by atoms with Crippen molar-refractivity contribution in [3.63, 3.8) is 0 Å². The number of pyridine rings is 1. The molecule has 0 amide bonds. The van der Waals surface area contributed by atoms with E-state index in [0.717, 1.165) is 0 Å². The fraction of sp³-hybridized carbons (Fsp3) is 0. The number of rotatable bonds is 1. The molecule has 0 N–H and O–H groups in total. The summed E-state index contributed by atoms with van der Waals surface area (Å²) in [4.78, 5) is 0. The first-order valence-electron chi connectivity index (χ1n) is 4.09. The van der Waals surface area contributed by atoms with Crippen molar-refractivity contribution >= 4 is 22.6 Å². The van der Waals surface area contributed by atoms with Crippen LogP contribution in [0.5, 0.6) is 0 Å². The van der Waals surface area contributed by atoms with Crippen LogP contribution in [0.2, 0.25) is 0 Å². The van der Waals surface area contributed by atoms with E-state index in [0.29, 0.717) is 0 Å². The Morgan fingerprint density at radius 2 is 1.54 bits per heavy atom. The van der Waals surface area contributed by atoms with Gasteiger partial charge in [0.25, 0.3) is 0 Å². The van der Waals surface area contributed by atoms with E-state index >= 15 is 0 Å². The molecule has 0 saturated heterocycles. The maximum absolute atomic E-state index is 2.33. The summed E-state index contributed by atoms with van der Waals surface area (Å²) >= 11 is 2.33. The average molecular weight is 282 g/mol. The largest absolute Gasteiger partial charge is 0.246 e.